The van der Waals surface area contributed by atoms with E-state index in [2.05, 4.69) is 22.1 Å². The van der Waals surface area contributed by atoms with Gasteiger partial charge < -0.3 is 24.1 Å². The number of aromatic nitrogens is 2. The third kappa shape index (κ3) is 5.80. The second-order valence-corrected chi connectivity index (χ2v) is 12.5. The van der Waals surface area contributed by atoms with Crippen LogP contribution < -0.4 is 0 Å². The highest BCUT2D eigenvalue weighted by Gasteiger charge is 2.36. The largest absolute Gasteiger partial charge is 0.444 e. The van der Waals surface area contributed by atoms with Crippen LogP contribution in [0.15, 0.2) is 30.6 Å². The Morgan fingerprint density at radius 2 is 1.88 bits per heavy atom. The van der Waals surface area contributed by atoms with Gasteiger partial charge in [-0.3, -0.25) is 9.69 Å². The number of morpholine rings is 1. The van der Waals surface area contributed by atoms with Gasteiger partial charge in [-0.15, -0.1) is 0 Å². The number of halogens is 1. The summed E-state index contributed by atoms with van der Waals surface area (Å²) in [6.07, 6.45) is 5.46. The van der Waals surface area contributed by atoms with Gasteiger partial charge in [0.05, 0.1) is 24.3 Å². The lowest BCUT2D eigenvalue weighted by molar-refractivity contribution is -0.139. The van der Waals surface area contributed by atoms with Gasteiger partial charge in [0.2, 0.25) is 5.91 Å². The summed E-state index contributed by atoms with van der Waals surface area (Å²) < 4.78 is 17.2. The molecule has 3 aliphatic rings. The first kappa shape index (κ1) is 28.0. The van der Waals surface area contributed by atoms with Crippen molar-refractivity contribution >= 4 is 34.6 Å². The normalized spacial score (nSPS) is 20.2. The second-order valence-electron chi connectivity index (χ2n) is 12.1. The molecule has 218 valence electrons. The van der Waals surface area contributed by atoms with Crippen molar-refractivity contribution in [2.45, 2.75) is 58.2 Å². The maximum Gasteiger partial charge on any atom is 0.410 e. The number of hydrogen-bond donors (Lipinski definition) is 1. The predicted octanol–water partition coefficient (Wildman–Crippen LogP) is 5.50. The molecule has 2 amide bonds. The van der Waals surface area contributed by atoms with Crippen LogP contribution in [0.3, 0.4) is 0 Å². The summed E-state index contributed by atoms with van der Waals surface area (Å²) in [5, 5.41) is 1.45. The number of ether oxygens (including phenoxy) is 3. The monoisotopic (exact) mass is 580 g/mol. The molecular weight excluding hydrogens is 544 g/mol. The lowest BCUT2D eigenvalue weighted by Crippen LogP contribution is -2.46. The summed E-state index contributed by atoms with van der Waals surface area (Å²) in [6, 6.07) is 6.03. The van der Waals surface area contributed by atoms with Gasteiger partial charge in [0.1, 0.15) is 11.2 Å². The van der Waals surface area contributed by atoms with Crippen LogP contribution in [0.1, 0.15) is 56.3 Å². The van der Waals surface area contributed by atoms with Crippen molar-refractivity contribution in [1.29, 1.82) is 0 Å². The average molecular weight is 581 g/mol. The number of carbonyl (C=O) groups excluding carboxylic acids is 2. The second kappa shape index (κ2) is 11.3. The average Bonchev–Trinajstić information content (AvgIpc) is 3.35. The number of hydrogen-bond acceptors (Lipinski definition) is 6. The first-order valence-corrected chi connectivity index (χ1v) is 14.8. The van der Waals surface area contributed by atoms with Gasteiger partial charge in [-0.25, -0.2) is 9.78 Å². The van der Waals surface area contributed by atoms with E-state index >= 15 is 0 Å². The summed E-state index contributed by atoms with van der Waals surface area (Å²) in [4.78, 5) is 38.3. The number of nitrogens with one attached hydrogen (secondary N) is 1. The minimum atomic E-state index is -0.608. The Hall–Kier alpha value is -3.14. The van der Waals surface area contributed by atoms with Crippen molar-refractivity contribution in [2.24, 2.45) is 5.92 Å². The zero-order valence-corrected chi connectivity index (χ0v) is 24.6. The molecule has 6 rings (SSSR count). The Bertz CT molecular complexity index is 1460. The Morgan fingerprint density at radius 3 is 2.66 bits per heavy atom. The Balaban J connectivity index is 1.41. The van der Waals surface area contributed by atoms with E-state index in [1.807, 2.05) is 37.9 Å². The summed E-state index contributed by atoms with van der Waals surface area (Å²) >= 11 is 6.44. The maximum atomic E-state index is 13.5. The van der Waals surface area contributed by atoms with E-state index in [9.17, 15) is 9.59 Å². The fraction of sp³-hybridized carbons (Fsp3) is 0.516. The number of H-pyrrole nitrogens is 1. The van der Waals surface area contributed by atoms with Crippen LogP contribution in [0.25, 0.3) is 22.2 Å². The smallest absolute Gasteiger partial charge is 0.410 e. The molecule has 1 atom stereocenters. The number of aromatic amines is 1. The molecule has 1 N–H and O–H groups in total. The summed E-state index contributed by atoms with van der Waals surface area (Å²) in [6.45, 7) is 9.34. The molecule has 0 spiro atoms. The molecule has 2 aromatic heterocycles. The van der Waals surface area contributed by atoms with Crippen LogP contribution in [0.4, 0.5) is 4.79 Å². The van der Waals surface area contributed by atoms with Gasteiger partial charge in [-0.05, 0) is 80.5 Å². The molecule has 3 aromatic rings. The quantitative estimate of drug-likeness (QED) is 0.439. The van der Waals surface area contributed by atoms with Crippen LogP contribution in [0, 0.1) is 5.92 Å². The van der Waals surface area contributed by atoms with Crippen molar-refractivity contribution in [2.75, 3.05) is 39.5 Å². The SMILES string of the molecule is CC(C)(C)OC(=O)N1CCOCC1c1cc(-c2cnc3[nH]cc(Cl)c3c2)cc2c1CCN(C(=O)C1CCOCC1)C2. The van der Waals surface area contributed by atoms with E-state index in [4.69, 9.17) is 25.8 Å². The van der Waals surface area contributed by atoms with Crippen LogP contribution in [-0.4, -0.2) is 76.9 Å². The first-order chi connectivity index (χ1) is 19.7. The lowest BCUT2D eigenvalue weighted by Gasteiger charge is -2.40. The number of pyridine rings is 1. The highest BCUT2D eigenvalue weighted by molar-refractivity contribution is 6.35. The van der Waals surface area contributed by atoms with Crippen LogP contribution in [-0.2, 0) is 32.0 Å². The van der Waals surface area contributed by atoms with Gasteiger partial charge in [-0.2, -0.15) is 0 Å². The fourth-order valence-electron chi connectivity index (χ4n) is 6.12. The molecule has 5 heterocycles. The van der Waals surface area contributed by atoms with Crippen molar-refractivity contribution in [3.05, 3.63) is 52.3 Å². The third-order valence-electron chi connectivity index (χ3n) is 8.18. The van der Waals surface area contributed by atoms with Crippen LogP contribution in [0.2, 0.25) is 5.02 Å². The molecule has 9 nitrogen and oxygen atoms in total. The summed E-state index contributed by atoms with van der Waals surface area (Å²) in [5.74, 6) is 0.203. The summed E-state index contributed by atoms with van der Waals surface area (Å²) in [7, 11) is 0. The molecule has 3 aliphatic heterocycles. The van der Waals surface area contributed by atoms with E-state index in [0.29, 0.717) is 57.5 Å². The third-order valence-corrected chi connectivity index (χ3v) is 8.49. The zero-order valence-electron chi connectivity index (χ0n) is 23.9. The van der Waals surface area contributed by atoms with Crippen LogP contribution >= 0.6 is 11.6 Å². The van der Waals surface area contributed by atoms with Gasteiger partial charge in [0.15, 0.2) is 0 Å². The van der Waals surface area contributed by atoms with Crippen molar-refractivity contribution in [3.8, 4) is 11.1 Å². The van der Waals surface area contributed by atoms with E-state index in [-0.39, 0.29) is 24.0 Å². The zero-order chi connectivity index (χ0) is 28.7. The molecule has 0 aliphatic carbocycles. The fourth-order valence-corrected chi connectivity index (χ4v) is 6.32. The van der Waals surface area contributed by atoms with Crippen LogP contribution in [0.5, 0.6) is 0 Å². The Morgan fingerprint density at radius 1 is 1.07 bits per heavy atom. The van der Waals surface area contributed by atoms with Crippen molar-refractivity contribution < 1.29 is 23.8 Å². The minimum Gasteiger partial charge on any atom is -0.444 e. The molecule has 0 bridgehead atoms. The molecule has 41 heavy (non-hydrogen) atoms. The van der Waals surface area contributed by atoms with Crippen molar-refractivity contribution in [3.63, 3.8) is 0 Å². The highest BCUT2D eigenvalue weighted by atomic mass is 35.5. The summed E-state index contributed by atoms with van der Waals surface area (Å²) in [5.41, 5.74) is 5.27. The molecule has 0 radical (unpaired) electrons. The number of fused-ring (bicyclic) bond motifs is 2. The first-order valence-electron chi connectivity index (χ1n) is 14.4. The van der Waals surface area contributed by atoms with Gasteiger partial charge >= 0.3 is 6.09 Å². The maximum absolute atomic E-state index is 13.5. The Kier molecular flexibility index (Phi) is 7.70. The van der Waals surface area contributed by atoms with E-state index in [1.54, 1.807) is 11.1 Å². The number of carbonyl (C=O) groups is 2. The number of rotatable bonds is 3. The topological polar surface area (TPSA) is 97.0 Å². The minimum absolute atomic E-state index is 0.00435. The molecule has 0 saturated carbocycles. The molecule has 2 fully saturated rings. The lowest BCUT2D eigenvalue weighted by atomic mass is 9.86. The van der Waals surface area contributed by atoms with Crippen molar-refractivity contribution in [1.82, 2.24) is 19.8 Å². The number of amides is 2. The standard InChI is InChI=1S/C31H37ClN4O5/c1-31(2,3)41-30(38)36-8-11-40-18-27(36)24-13-20(21-14-25-26(32)16-34-28(25)33-15-21)12-22-17-35(7-4-23(22)24)29(37)19-5-9-39-10-6-19/h12-16,19,27H,4-11,17-18H2,1-3H3,(H,33,34). The van der Waals surface area contributed by atoms with E-state index in [0.717, 1.165) is 46.1 Å². The molecule has 1 aromatic carbocycles. The number of benzene rings is 1. The molecule has 2 saturated heterocycles. The van der Waals surface area contributed by atoms with E-state index in [1.165, 1.54) is 5.56 Å². The number of nitrogens with zero attached hydrogens (tertiary/aromatic N) is 3. The molecule has 1 unspecified atom stereocenters. The van der Waals surface area contributed by atoms with E-state index < -0.39 is 5.60 Å². The highest BCUT2D eigenvalue weighted by Crippen LogP contribution is 2.38. The van der Waals surface area contributed by atoms with Gasteiger partial charge in [0, 0.05) is 62.1 Å². The molecule has 10 heteroatoms. The van der Waals surface area contributed by atoms with Gasteiger partial charge in [0.25, 0.3) is 0 Å². The molecular formula is C31H37ClN4O5. The predicted molar refractivity (Wildman–Crippen MR) is 156 cm³/mol. The Labute approximate surface area is 245 Å². The van der Waals surface area contributed by atoms with Gasteiger partial charge in [-0.1, -0.05) is 11.6 Å².